The summed E-state index contributed by atoms with van der Waals surface area (Å²) in [7, 11) is 0. The Morgan fingerprint density at radius 2 is 2.14 bits per heavy atom. The lowest BCUT2D eigenvalue weighted by molar-refractivity contribution is -0.141. The summed E-state index contributed by atoms with van der Waals surface area (Å²) in [5.74, 6) is 1.01. The zero-order valence-corrected chi connectivity index (χ0v) is 13.3. The fourth-order valence-electron chi connectivity index (χ4n) is 4.15. The van der Waals surface area contributed by atoms with E-state index in [0.717, 1.165) is 25.2 Å². The molecule has 1 heterocycles. The molecule has 5 atom stereocenters. The number of nitrogens with zero attached hydrogens (tertiary/aromatic N) is 1. The van der Waals surface area contributed by atoms with Crippen molar-refractivity contribution in [1.29, 1.82) is 0 Å². The predicted molar refractivity (Wildman–Crippen MR) is 82.2 cm³/mol. The first-order valence-corrected chi connectivity index (χ1v) is 9.08. The van der Waals surface area contributed by atoms with Crippen molar-refractivity contribution in [3.8, 4) is 0 Å². The molecule has 118 valence electrons. The third-order valence-electron chi connectivity index (χ3n) is 5.19. The first kappa shape index (κ1) is 15.0. The number of hydrogen-bond acceptors (Lipinski definition) is 3. The third kappa shape index (κ3) is 2.87. The van der Waals surface area contributed by atoms with Crippen molar-refractivity contribution in [2.45, 2.75) is 62.9 Å². The smallest absolute Gasteiger partial charge is 0.327 e. The van der Waals surface area contributed by atoms with Gasteiger partial charge in [-0.15, -0.1) is 11.8 Å². The lowest BCUT2D eigenvalue weighted by Gasteiger charge is -2.31. The van der Waals surface area contributed by atoms with E-state index in [2.05, 4.69) is 12.2 Å². The Hall–Kier alpha value is -0.910. The van der Waals surface area contributed by atoms with Gasteiger partial charge in [0.2, 0.25) is 0 Å². The number of hydrogen-bond donors (Lipinski definition) is 2. The minimum Gasteiger partial charge on any atom is -0.480 e. The molecule has 5 unspecified atom stereocenters. The normalized spacial score (nSPS) is 38.0. The Balaban J connectivity index is 1.66. The number of amides is 2. The van der Waals surface area contributed by atoms with Gasteiger partial charge in [-0.2, -0.15) is 0 Å². The second-order valence-electron chi connectivity index (χ2n) is 6.57. The van der Waals surface area contributed by atoms with Crippen LogP contribution in [0.25, 0.3) is 0 Å². The van der Waals surface area contributed by atoms with E-state index in [4.69, 9.17) is 0 Å². The number of urea groups is 1. The molecular formula is C15H24N2O3S. The molecule has 2 N–H and O–H groups in total. The van der Waals surface area contributed by atoms with E-state index in [-0.39, 0.29) is 17.4 Å². The molecule has 1 aliphatic heterocycles. The van der Waals surface area contributed by atoms with Gasteiger partial charge in [-0.05, 0) is 37.5 Å². The van der Waals surface area contributed by atoms with E-state index in [1.54, 1.807) is 16.7 Å². The number of carbonyl (C=O) groups is 2. The average Bonchev–Trinajstić information content (AvgIpc) is 3.12. The number of carboxylic acids is 1. The summed E-state index contributed by atoms with van der Waals surface area (Å²) >= 11 is 1.60. The Morgan fingerprint density at radius 3 is 2.71 bits per heavy atom. The highest BCUT2D eigenvalue weighted by molar-refractivity contribution is 8.00. The van der Waals surface area contributed by atoms with Crippen LogP contribution in [-0.2, 0) is 4.79 Å². The number of carboxylic acid groups (broad SMARTS) is 1. The summed E-state index contributed by atoms with van der Waals surface area (Å²) in [6.45, 7) is 2.07. The first-order chi connectivity index (χ1) is 10.1. The van der Waals surface area contributed by atoms with Gasteiger partial charge in [0.1, 0.15) is 6.04 Å². The molecule has 6 heteroatoms. The molecule has 2 amide bonds. The molecule has 2 bridgehead atoms. The Bertz CT molecular complexity index is 431. The van der Waals surface area contributed by atoms with Gasteiger partial charge in [-0.25, -0.2) is 9.59 Å². The van der Waals surface area contributed by atoms with E-state index in [9.17, 15) is 14.7 Å². The number of aliphatic carboxylic acids is 1. The first-order valence-electron chi connectivity index (χ1n) is 8.03. The number of fused-ring (bicyclic) bond motifs is 2. The van der Waals surface area contributed by atoms with Crippen LogP contribution in [0.4, 0.5) is 4.79 Å². The van der Waals surface area contributed by atoms with E-state index in [0.29, 0.717) is 11.7 Å². The van der Waals surface area contributed by atoms with Crippen molar-refractivity contribution < 1.29 is 14.7 Å². The van der Waals surface area contributed by atoms with Gasteiger partial charge in [0.15, 0.2) is 0 Å². The van der Waals surface area contributed by atoms with Gasteiger partial charge in [0, 0.05) is 11.8 Å². The monoisotopic (exact) mass is 312 g/mol. The summed E-state index contributed by atoms with van der Waals surface area (Å²) in [5.41, 5.74) is 0. The molecule has 21 heavy (non-hydrogen) atoms. The predicted octanol–water partition coefficient (Wildman–Crippen LogP) is 2.51. The van der Waals surface area contributed by atoms with Gasteiger partial charge >= 0.3 is 12.0 Å². The summed E-state index contributed by atoms with van der Waals surface area (Å²) in [4.78, 5) is 25.6. The Labute approximate surface area is 129 Å². The molecule has 2 saturated carbocycles. The number of carbonyl (C=O) groups excluding carboxylic acids is 1. The second kappa shape index (κ2) is 6.07. The van der Waals surface area contributed by atoms with Crippen molar-refractivity contribution in [1.82, 2.24) is 10.2 Å². The topological polar surface area (TPSA) is 69.6 Å². The van der Waals surface area contributed by atoms with Crippen LogP contribution < -0.4 is 5.32 Å². The van der Waals surface area contributed by atoms with Crippen LogP contribution in [0, 0.1) is 11.8 Å². The van der Waals surface area contributed by atoms with Crippen molar-refractivity contribution in [3.63, 3.8) is 0 Å². The van der Waals surface area contributed by atoms with Crippen molar-refractivity contribution in [3.05, 3.63) is 0 Å². The van der Waals surface area contributed by atoms with E-state index < -0.39 is 12.0 Å². The van der Waals surface area contributed by atoms with Crippen LogP contribution in [0.15, 0.2) is 0 Å². The number of thioether (sulfide) groups is 1. The third-order valence-corrected chi connectivity index (χ3v) is 6.55. The van der Waals surface area contributed by atoms with Gasteiger partial charge in [0.25, 0.3) is 0 Å². The highest BCUT2D eigenvalue weighted by Crippen LogP contribution is 2.44. The fraction of sp³-hybridized carbons (Fsp3) is 0.867. The molecule has 0 spiro atoms. The van der Waals surface area contributed by atoms with Crippen LogP contribution in [0.5, 0.6) is 0 Å². The van der Waals surface area contributed by atoms with Crippen LogP contribution in [0.3, 0.4) is 0 Å². The second-order valence-corrected chi connectivity index (χ2v) is 7.78. The summed E-state index contributed by atoms with van der Waals surface area (Å²) in [6, 6.07) is -0.577. The van der Waals surface area contributed by atoms with Crippen molar-refractivity contribution >= 4 is 23.8 Å². The molecule has 1 saturated heterocycles. The minimum atomic E-state index is -0.885. The number of nitrogens with one attached hydrogen (secondary N) is 1. The van der Waals surface area contributed by atoms with Crippen molar-refractivity contribution in [2.75, 3.05) is 5.75 Å². The van der Waals surface area contributed by atoms with E-state index in [1.165, 1.54) is 19.3 Å². The quantitative estimate of drug-likeness (QED) is 0.837. The molecule has 3 rings (SSSR count). The minimum absolute atomic E-state index is 0.00897. The maximum atomic E-state index is 12.6. The summed E-state index contributed by atoms with van der Waals surface area (Å²) in [5, 5.41) is 12.5. The molecular weight excluding hydrogens is 288 g/mol. The Kier molecular flexibility index (Phi) is 4.33. The average molecular weight is 312 g/mol. The van der Waals surface area contributed by atoms with E-state index >= 15 is 0 Å². The van der Waals surface area contributed by atoms with Crippen LogP contribution in [-0.4, -0.2) is 45.2 Å². The molecule has 0 aromatic carbocycles. The maximum Gasteiger partial charge on any atom is 0.327 e. The molecule has 3 aliphatic rings. The van der Waals surface area contributed by atoms with Gasteiger partial charge in [-0.1, -0.05) is 19.8 Å². The zero-order valence-electron chi connectivity index (χ0n) is 12.5. The van der Waals surface area contributed by atoms with Crippen LogP contribution in [0.1, 0.15) is 45.4 Å². The molecule has 5 nitrogen and oxygen atoms in total. The highest BCUT2D eigenvalue weighted by atomic mass is 32.2. The van der Waals surface area contributed by atoms with Gasteiger partial charge in [-0.3, -0.25) is 4.90 Å². The SMILES string of the molecule is CCCC1SCC(C(=O)O)N1C(=O)NC1CC2CCC1C2. The van der Waals surface area contributed by atoms with Crippen molar-refractivity contribution in [2.24, 2.45) is 11.8 Å². The number of rotatable bonds is 4. The molecule has 0 aromatic rings. The maximum absolute atomic E-state index is 12.6. The largest absolute Gasteiger partial charge is 0.480 e. The lowest BCUT2D eigenvalue weighted by Crippen LogP contribution is -2.53. The molecule has 3 fully saturated rings. The lowest BCUT2D eigenvalue weighted by atomic mass is 9.95. The molecule has 0 aromatic heterocycles. The van der Waals surface area contributed by atoms with E-state index in [1.807, 2.05) is 0 Å². The summed E-state index contributed by atoms with van der Waals surface area (Å²) in [6.07, 6.45) is 6.65. The van der Waals surface area contributed by atoms with Crippen LogP contribution >= 0.6 is 11.8 Å². The summed E-state index contributed by atoms with van der Waals surface area (Å²) < 4.78 is 0. The zero-order chi connectivity index (χ0) is 15.0. The Morgan fingerprint density at radius 1 is 1.33 bits per heavy atom. The van der Waals surface area contributed by atoms with Gasteiger partial charge in [0.05, 0.1) is 5.37 Å². The molecule has 0 radical (unpaired) electrons. The fourth-order valence-corrected chi connectivity index (χ4v) is 5.66. The highest BCUT2D eigenvalue weighted by Gasteiger charge is 2.44. The standard InChI is InChI=1S/C15H24N2O3S/c1-2-3-13-17(12(8-21-13)14(18)19)15(20)16-11-7-9-4-5-10(11)6-9/h9-13H,2-8H2,1H3,(H,16,20)(H,18,19). The van der Waals surface area contributed by atoms with Crippen LogP contribution in [0.2, 0.25) is 0 Å². The molecule has 2 aliphatic carbocycles. The van der Waals surface area contributed by atoms with Gasteiger partial charge < -0.3 is 10.4 Å².